The van der Waals surface area contributed by atoms with E-state index < -0.39 is 0 Å². The number of aryl methyl sites for hydroxylation is 1. The molecule has 0 aromatic carbocycles. The molecule has 0 bridgehead atoms. The fourth-order valence-electron chi connectivity index (χ4n) is 2.07. The molecule has 0 aliphatic carbocycles. The first-order chi connectivity index (χ1) is 7.83. The summed E-state index contributed by atoms with van der Waals surface area (Å²) >= 11 is 0. The zero-order chi connectivity index (χ0) is 11.4. The van der Waals surface area contributed by atoms with Crippen LogP contribution in [0.2, 0.25) is 0 Å². The summed E-state index contributed by atoms with van der Waals surface area (Å²) in [5.41, 5.74) is 8.21. The molecule has 2 heterocycles. The lowest BCUT2D eigenvalue weighted by Gasteiger charge is -2.17. The maximum atomic E-state index is 5.69. The molecule has 16 heavy (non-hydrogen) atoms. The third kappa shape index (κ3) is 2.14. The Morgan fingerprint density at radius 1 is 1.38 bits per heavy atom. The van der Waals surface area contributed by atoms with Crippen LogP contribution in [-0.2, 0) is 7.05 Å². The van der Waals surface area contributed by atoms with Gasteiger partial charge in [-0.2, -0.15) is 0 Å². The van der Waals surface area contributed by atoms with Crippen molar-refractivity contribution in [2.24, 2.45) is 12.8 Å². The monoisotopic (exact) mass is 215 g/mol. The summed E-state index contributed by atoms with van der Waals surface area (Å²) in [6.07, 6.45) is 6.74. The second-order valence-corrected chi connectivity index (χ2v) is 3.96. The minimum atomic E-state index is 0.346. The summed E-state index contributed by atoms with van der Waals surface area (Å²) in [6, 6.07) is 8.30. The summed E-state index contributed by atoms with van der Waals surface area (Å²) in [7, 11) is 2.06. The van der Waals surface area contributed by atoms with Gasteiger partial charge in [0.05, 0.1) is 0 Å². The lowest BCUT2D eigenvalue weighted by atomic mass is 9.94. The number of nitrogens with two attached hydrogens (primary N) is 1. The minimum absolute atomic E-state index is 0.346. The number of hydrogen-bond acceptors (Lipinski definition) is 2. The van der Waals surface area contributed by atoms with Crippen molar-refractivity contribution >= 4 is 0 Å². The molecular formula is C13H17N3. The van der Waals surface area contributed by atoms with Crippen molar-refractivity contribution in [3.63, 3.8) is 0 Å². The average molecular weight is 215 g/mol. The molecule has 0 aliphatic rings. The number of hydrogen-bond donors (Lipinski definition) is 1. The Morgan fingerprint density at radius 2 is 2.25 bits per heavy atom. The summed E-state index contributed by atoms with van der Waals surface area (Å²) in [5.74, 6) is 0.346. The highest BCUT2D eigenvalue weighted by atomic mass is 14.9. The van der Waals surface area contributed by atoms with Gasteiger partial charge in [0, 0.05) is 37.3 Å². The average Bonchev–Trinajstić information content (AvgIpc) is 2.73. The van der Waals surface area contributed by atoms with Gasteiger partial charge in [0.2, 0.25) is 0 Å². The number of aromatic nitrogens is 2. The summed E-state index contributed by atoms with van der Waals surface area (Å²) < 4.78 is 2.15. The SMILES string of the molecule is Cn1cccc1C(CCN)c1cccnc1. The molecular weight excluding hydrogens is 198 g/mol. The van der Waals surface area contributed by atoms with Crippen molar-refractivity contribution in [2.45, 2.75) is 12.3 Å². The third-order valence-electron chi connectivity index (χ3n) is 2.88. The molecule has 84 valence electrons. The first-order valence-electron chi connectivity index (χ1n) is 5.54. The van der Waals surface area contributed by atoms with Gasteiger partial charge in [0.1, 0.15) is 0 Å². The van der Waals surface area contributed by atoms with Gasteiger partial charge in [0.25, 0.3) is 0 Å². The quantitative estimate of drug-likeness (QED) is 0.846. The van der Waals surface area contributed by atoms with Crippen molar-refractivity contribution in [2.75, 3.05) is 6.54 Å². The fourth-order valence-corrected chi connectivity index (χ4v) is 2.07. The molecule has 1 atom stereocenters. The molecule has 2 aromatic rings. The summed E-state index contributed by atoms with van der Waals surface area (Å²) in [4.78, 5) is 4.18. The van der Waals surface area contributed by atoms with Gasteiger partial charge in [-0.25, -0.2) is 0 Å². The predicted molar refractivity (Wildman–Crippen MR) is 65.2 cm³/mol. The van der Waals surface area contributed by atoms with Crippen LogP contribution in [0.5, 0.6) is 0 Å². The van der Waals surface area contributed by atoms with Crippen LogP contribution >= 0.6 is 0 Å². The van der Waals surface area contributed by atoms with Crippen LogP contribution in [-0.4, -0.2) is 16.1 Å². The molecule has 0 spiro atoms. The smallest absolute Gasteiger partial charge is 0.0306 e. The van der Waals surface area contributed by atoms with Crippen LogP contribution in [0.25, 0.3) is 0 Å². The first kappa shape index (κ1) is 10.9. The number of rotatable bonds is 4. The molecule has 1 unspecified atom stereocenters. The van der Waals surface area contributed by atoms with E-state index in [1.54, 1.807) is 6.20 Å². The summed E-state index contributed by atoms with van der Waals surface area (Å²) in [6.45, 7) is 0.685. The van der Waals surface area contributed by atoms with E-state index in [1.807, 2.05) is 12.3 Å². The third-order valence-corrected chi connectivity index (χ3v) is 2.88. The molecule has 3 nitrogen and oxygen atoms in total. The number of pyridine rings is 1. The molecule has 0 aliphatic heterocycles. The topological polar surface area (TPSA) is 43.8 Å². The Morgan fingerprint density at radius 3 is 2.81 bits per heavy atom. The Kier molecular flexibility index (Phi) is 3.37. The largest absolute Gasteiger partial charge is 0.354 e. The molecule has 3 heteroatoms. The van der Waals surface area contributed by atoms with Gasteiger partial charge in [-0.1, -0.05) is 6.07 Å². The maximum Gasteiger partial charge on any atom is 0.0306 e. The second kappa shape index (κ2) is 4.94. The predicted octanol–water partition coefficient (Wildman–Crippen LogP) is 1.90. The highest BCUT2D eigenvalue weighted by molar-refractivity contribution is 5.27. The van der Waals surface area contributed by atoms with E-state index in [0.29, 0.717) is 12.5 Å². The lowest BCUT2D eigenvalue weighted by molar-refractivity contribution is 0.667. The molecule has 0 fully saturated rings. The molecule has 0 radical (unpaired) electrons. The zero-order valence-corrected chi connectivity index (χ0v) is 9.50. The van der Waals surface area contributed by atoms with Crippen molar-refractivity contribution in [1.82, 2.24) is 9.55 Å². The lowest BCUT2D eigenvalue weighted by Crippen LogP contribution is -2.11. The normalized spacial score (nSPS) is 12.6. The van der Waals surface area contributed by atoms with E-state index in [4.69, 9.17) is 5.73 Å². The van der Waals surface area contributed by atoms with Crippen LogP contribution in [0.15, 0.2) is 42.9 Å². The van der Waals surface area contributed by atoms with E-state index >= 15 is 0 Å². The van der Waals surface area contributed by atoms with Gasteiger partial charge in [-0.3, -0.25) is 4.98 Å². The molecule has 0 saturated heterocycles. The van der Waals surface area contributed by atoms with E-state index in [-0.39, 0.29) is 0 Å². The molecule has 2 rings (SSSR count). The first-order valence-corrected chi connectivity index (χ1v) is 5.54. The van der Waals surface area contributed by atoms with Gasteiger partial charge in [-0.15, -0.1) is 0 Å². The Labute approximate surface area is 95.9 Å². The van der Waals surface area contributed by atoms with Crippen LogP contribution in [0.1, 0.15) is 23.6 Å². The number of nitrogens with zero attached hydrogens (tertiary/aromatic N) is 2. The molecule has 0 amide bonds. The van der Waals surface area contributed by atoms with Crippen LogP contribution in [0.3, 0.4) is 0 Å². The van der Waals surface area contributed by atoms with Crippen LogP contribution < -0.4 is 5.73 Å². The fraction of sp³-hybridized carbons (Fsp3) is 0.308. The highest BCUT2D eigenvalue weighted by Gasteiger charge is 2.15. The van der Waals surface area contributed by atoms with Gasteiger partial charge < -0.3 is 10.3 Å². The van der Waals surface area contributed by atoms with Crippen LogP contribution in [0, 0.1) is 0 Å². The van der Waals surface area contributed by atoms with Crippen molar-refractivity contribution < 1.29 is 0 Å². The van der Waals surface area contributed by atoms with Crippen molar-refractivity contribution in [3.8, 4) is 0 Å². The van der Waals surface area contributed by atoms with Crippen molar-refractivity contribution in [3.05, 3.63) is 54.1 Å². The summed E-state index contributed by atoms with van der Waals surface area (Å²) in [5, 5.41) is 0. The maximum absolute atomic E-state index is 5.69. The van der Waals surface area contributed by atoms with Crippen LogP contribution in [0.4, 0.5) is 0 Å². The minimum Gasteiger partial charge on any atom is -0.354 e. The Bertz CT molecular complexity index is 433. The molecule has 2 aromatic heterocycles. The Balaban J connectivity index is 2.35. The second-order valence-electron chi connectivity index (χ2n) is 3.96. The van der Waals surface area contributed by atoms with Gasteiger partial charge in [-0.05, 0) is 36.7 Å². The Hall–Kier alpha value is -1.61. The molecule has 2 N–H and O–H groups in total. The van der Waals surface area contributed by atoms with E-state index in [1.165, 1.54) is 11.3 Å². The standard InChI is InChI=1S/C13H17N3/c1-16-9-3-5-13(16)12(6-7-14)11-4-2-8-15-10-11/h2-5,8-10,12H,6-7,14H2,1H3. The van der Waals surface area contributed by atoms with E-state index in [9.17, 15) is 0 Å². The zero-order valence-electron chi connectivity index (χ0n) is 9.50. The van der Waals surface area contributed by atoms with Gasteiger partial charge in [0.15, 0.2) is 0 Å². The van der Waals surface area contributed by atoms with Crippen molar-refractivity contribution in [1.29, 1.82) is 0 Å². The van der Waals surface area contributed by atoms with E-state index in [2.05, 4.69) is 41.0 Å². The highest BCUT2D eigenvalue weighted by Crippen LogP contribution is 2.26. The van der Waals surface area contributed by atoms with Gasteiger partial charge >= 0.3 is 0 Å². The van der Waals surface area contributed by atoms with E-state index in [0.717, 1.165) is 6.42 Å². The molecule has 0 saturated carbocycles.